The van der Waals surface area contributed by atoms with Gasteiger partial charge in [-0.3, -0.25) is 4.79 Å². The highest BCUT2D eigenvalue weighted by Crippen LogP contribution is 2.31. The van der Waals surface area contributed by atoms with E-state index in [-0.39, 0.29) is 11.4 Å². The van der Waals surface area contributed by atoms with Crippen LogP contribution in [0.25, 0.3) is 11.4 Å². The summed E-state index contributed by atoms with van der Waals surface area (Å²) in [7, 11) is 0. The Morgan fingerprint density at radius 1 is 1.22 bits per heavy atom. The normalized spacial score (nSPS) is 11.6. The third-order valence-corrected chi connectivity index (χ3v) is 2.33. The van der Waals surface area contributed by atoms with Gasteiger partial charge in [-0.05, 0) is 19.1 Å². The summed E-state index contributed by atoms with van der Waals surface area (Å²) in [5.74, 6) is 0.131. The summed E-state index contributed by atoms with van der Waals surface area (Å²) >= 11 is 0. The Labute approximate surface area is 100 Å². The summed E-state index contributed by atoms with van der Waals surface area (Å²) in [6, 6.07) is 5.94. The third kappa shape index (κ3) is 2.58. The van der Waals surface area contributed by atoms with Crippen LogP contribution in [0.2, 0.25) is 0 Å². The van der Waals surface area contributed by atoms with Gasteiger partial charge in [0, 0.05) is 17.3 Å². The van der Waals surface area contributed by atoms with Crippen molar-refractivity contribution < 1.29 is 13.2 Å². The Bertz CT molecular complexity index is 632. The van der Waals surface area contributed by atoms with Crippen LogP contribution in [0.15, 0.2) is 35.1 Å². The molecule has 0 fully saturated rings. The van der Waals surface area contributed by atoms with E-state index < -0.39 is 17.3 Å². The van der Waals surface area contributed by atoms with Crippen LogP contribution in [0.1, 0.15) is 11.3 Å². The largest absolute Gasteiger partial charge is 0.416 e. The molecule has 1 heterocycles. The van der Waals surface area contributed by atoms with Crippen molar-refractivity contribution in [3.05, 3.63) is 51.9 Å². The van der Waals surface area contributed by atoms with Crippen molar-refractivity contribution in [1.29, 1.82) is 0 Å². The maximum atomic E-state index is 12.5. The van der Waals surface area contributed by atoms with Crippen LogP contribution in [0.5, 0.6) is 0 Å². The van der Waals surface area contributed by atoms with E-state index in [4.69, 9.17) is 0 Å². The Balaban J connectivity index is 2.54. The van der Waals surface area contributed by atoms with Crippen LogP contribution in [0.4, 0.5) is 13.2 Å². The second kappa shape index (κ2) is 4.29. The minimum atomic E-state index is -4.42. The molecule has 3 nitrogen and oxygen atoms in total. The molecule has 2 rings (SSSR count). The highest BCUT2D eigenvalue weighted by atomic mass is 19.4. The van der Waals surface area contributed by atoms with Crippen molar-refractivity contribution in [3.8, 4) is 11.4 Å². The Morgan fingerprint density at radius 3 is 2.56 bits per heavy atom. The minimum Gasteiger partial charge on any atom is -0.307 e. The first-order valence-corrected chi connectivity index (χ1v) is 5.12. The van der Waals surface area contributed by atoms with Gasteiger partial charge in [-0.15, -0.1) is 0 Å². The molecule has 0 atom stereocenters. The molecule has 6 heteroatoms. The highest BCUT2D eigenvalue weighted by Gasteiger charge is 2.30. The summed E-state index contributed by atoms with van der Waals surface area (Å²) in [5, 5.41) is 0. The molecule has 0 saturated carbocycles. The molecule has 1 N–H and O–H groups in total. The van der Waals surface area contributed by atoms with E-state index >= 15 is 0 Å². The molecule has 18 heavy (non-hydrogen) atoms. The number of nitrogens with one attached hydrogen (secondary N) is 1. The number of aromatic amines is 1. The smallest absolute Gasteiger partial charge is 0.307 e. The average Bonchev–Trinajstić information content (AvgIpc) is 2.27. The summed E-state index contributed by atoms with van der Waals surface area (Å²) in [5.41, 5.74) is -0.490. The molecular formula is C12H9F3N2O. The number of aryl methyl sites for hydroxylation is 1. The Hall–Kier alpha value is -2.11. The van der Waals surface area contributed by atoms with Crippen LogP contribution < -0.4 is 5.56 Å². The van der Waals surface area contributed by atoms with Crippen molar-refractivity contribution in [1.82, 2.24) is 9.97 Å². The SMILES string of the molecule is Cc1cc(=O)[nH]c(-c2cccc(C(F)(F)F)c2)n1. The topological polar surface area (TPSA) is 45.8 Å². The number of hydrogen-bond acceptors (Lipinski definition) is 2. The Morgan fingerprint density at radius 2 is 1.94 bits per heavy atom. The van der Waals surface area contributed by atoms with Crippen LogP contribution in [-0.4, -0.2) is 9.97 Å². The Kier molecular flexibility index (Phi) is 2.94. The monoisotopic (exact) mass is 254 g/mol. The molecule has 0 aliphatic rings. The summed E-state index contributed by atoms with van der Waals surface area (Å²) in [6.45, 7) is 1.60. The van der Waals surface area contributed by atoms with Crippen molar-refractivity contribution in [2.75, 3.05) is 0 Å². The zero-order valence-corrected chi connectivity index (χ0v) is 9.38. The van der Waals surface area contributed by atoms with Crippen LogP contribution in [0.3, 0.4) is 0 Å². The van der Waals surface area contributed by atoms with Crippen molar-refractivity contribution >= 4 is 0 Å². The minimum absolute atomic E-state index is 0.131. The summed E-state index contributed by atoms with van der Waals surface area (Å²) < 4.78 is 37.6. The van der Waals surface area contributed by atoms with Crippen molar-refractivity contribution in [2.45, 2.75) is 13.1 Å². The quantitative estimate of drug-likeness (QED) is 0.850. The molecule has 1 aromatic heterocycles. The lowest BCUT2D eigenvalue weighted by molar-refractivity contribution is -0.137. The first-order valence-electron chi connectivity index (χ1n) is 5.12. The van der Waals surface area contributed by atoms with E-state index in [0.29, 0.717) is 5.69 Å². The lowest BCUT2D eigenvalue weighted by atomic mass is 10.1. The second-order valence-electron chi connectivity index (χ2n) is 3.81. The summed E-state index contributed by atoms with van der Waals surface area (Å²) in [4.78, 5) is 17.7. The number of H-pyrrole nitrogens is 1. The van der Waals surface area contributed by atoms with E-state index in [1.54, 1.807) is 6.92 Å². The molecule has 94 valence electrons. The van der Waals surface area contributed by atoms with E-state index in [1.165, 1.54) is 18.2 Å². The molecular weight excluding hydrogens is 245 g/mol. The van der Waals surface area contributed by atoms with Gasteiger partial charge in [0.2, 0.25) is 0 Å². The standard InChI is InChI=1S/C12H9F3N2O/c1-7-5-10(18)17-11(16-7)8-3-2-4-9(6-8)12(13,14)15/h2-6H,1H3,(H,16,17,18). The molecule has 0 aliphatic carbocycles. The van der Waals surface area contributed by atoms with Gasteiger partial charge >= 0.3 is 6.18 Å². The van der Waals surface area contributed by atoms with Crippen LogP contribution in [-0.2, 0) is 6.18 Å². The number of halogens is 3. The predicted octanol–water partition coefficient (Wildman–Crippen LogP) is 2.76. The van der Waals surface area contributed by atoms with Crippen LogP contribution in [0, 0.1) is 6.92 Å². The molecule has 0 unspecified atom stereocenters. The number of rotatable bonds is 1. The first-order chi connectivity index (χ1) is 8.36. The van der Waals surface area contributed by atoms with Crippen LogP contribution >= 0.6 is 0 Å². The summed E-state index contributed by atoms with van der Waals surface area (Å²) in [6.07, 6.45) is -4.42. The second-order valence-corrected chi connectivity index (χ2v) is 3.81. The van der Waals surface area contributed by atoms with E-state index in [2.05, 4.69) is 9.97 Å². The first kappa shape index (κ1) is 12.3. The molecule has 0 aliphatic heterocycles. The lowest BCUT2D eigenvalue weighted by Gasteiger charge is -2.08. The van der Waals surface area contributed by atoms with Gasteiger partial charge in [-0.1, -0.05) is 12.1 Å². The molecule has 0 bridgehead atoms. The fourth-order valence-electron chi connectivity index (χ4n) is 1.56. The van der Waals surface area contributed by atoms with Gasteiger partial charge in [-0.2, -0.15) is 13.2 Å². The zero-order valence-electron chi connectivity index (χ0n) is 9.38. The number of alkyl halides is 3. The maximum absolute atomic E-state index is 12.5. The molecule has 1 aromatic carbocycles. The fraction of sp³-hybridized carbons (Fsp3) is 0.167. The highest BCUT2D eigenvalue weighted by molar-refractivity contribution is 5.56. The zero-order chi connectivity index (χ0) is 13.3. The van der Waals surface area contributed by atoms with Gasteiger partial charge in [-0.25, -0.2) is 4.98 Å². The van der Waals surface area contributed by atoms with E-state index in [9.17, 15) is 18.0 Å². The van der Waals surface area contributed by atoms with Gasteiger partial charge in [0.05, 0.1) is 5.56 Å². The van der Waals surface area contributed by atoms with Crippen molar-refractivity contribution in [2.24, 2.45) is 0 Å². The third-order valence-electron chi connectivity index (χ3n) is 2.33. The number of aromatic nitrogens is 2. The number of benzene rings is 1. The molecule has 0 radical (unpaired) electrons. The number of nitrogens with zero attached hydrogens (tertiary/aromatic N) is 1. The molecule has 0 saturated heterocycles. The molecule has 0 amide bonds. The van der Waals surface area contributed by atoms with E-state index in [0.717, 1.165) is 12.1 Å². The van der Waals surface area contributed by atoms with Crippen molar-refractivity contribution in [3.63, 3.8) is 0 Å². The lowest BCUT2D eigenvalue weighted by Crippen LogP contribution is -2.09. The predicted molar refractivity (Wildman–Crippen MR) is 60.0 cm³/mol. The maximum Gasteiger partial charge on any atom is 0.416 e. The average molecular weight is 254 g/mol. The van der Waals surface area contributed by atoms with Gasteiger partial charge < -0.3 is 4.98 Å². The van der Waals surface area contributed by atoms with Gasteiger partial charge in [0.25, 0.3) is 5.56 Å². The fourth-order valence-corrected chi connectivity index (χ4v) is 1.56. The molecule has 2 aromatic rings. The van der Waals surface area contributed by atoms with Gasteiger partial charge in [0.1, 0.15) is 5.82 Å². The van der Waals surface area contributed by atoms with Gasteiger partial charge in [0.15, 0.2) is 0 Å². The number of hydrogen-bond donors (Lipinski definition) is 1. The van der Waals surface area contributed by atoms with E-state index in [1.807, 2.05) is 0 Å². The molecule has 0 spiro atoms.